The molecule has 2 amide bonds. The minimum Gasteiger partial charge on any atom is -0.472 e. The van der Waals surface area contributed by atoms with Crippen LogP contribution < -0.4 is 10.6 Å². The molecule has 0 saturated carbocycles. The molecule has 0 bridgehead atoms. The van der Waals surface area contributed by atoms with Crippen molar-refractivity contribution in [3.8, 4) is 23.0 Å². The molecule has 9 heteroatoms. The number of rotatable bonds is 7. The molecule has 166 valence electrons. The predicted octanol–water partition coefficient (Wildman–Crippen LogP) is 2.75. The van der Waals surface area contributed by atoms with Crippen LogP contribution in [0.4, 0.5) is 13.6 Å². The zero-order valence-corrected chi connectivity index (χ0v) is 16.8. The first kappa shape index (κ1) is 22.7. The first-order chi connectivity index (χ1) is 15.4. The molecule has 0 heterocycles. The van der Waals surface area contributed by atoms with Gasteiger partial charge in [0.15, 0.2) is 0 Å². The molecule has 3 rings (SSSR count). The predicted molar refractivity (Wildman–Crippen MR) is 111 cm³/mol. The zero-order valence-electron chi connectivity index (χ0n) is 16.8. The number of carbonyl (C=O) groups is 3. The van der Waals surface area contributed by atoms with E-state index in [1.807, 2.05) is 48.5 Å². The van der Waals surface area contributed by atoms with Gasteiger partial charge >= 0.3 is 12.1 Å². The van der Waals surface area contributed by atoms with Crippen molar-refractivity contribution in [2.45, 2.75) is 24.8 Å². The van der Waals surface area contributed by atoms with Crippen LogP contribution in [0.1, 0.15) is 23.5 Å². The fourth-order valence-electron chi connectivity index (χ4n) is 3.57. The summed E-state index contributed by atoms with van der Waals surface area (Å²) in [6, 6.07) is 13.9. The van der Waals surface area contributed by atoms with Gasteiger partial charge in [-0.05, 0) is 22.3 Å². The van der Waals surface area contributed by atoms with Gasteiger partial charge in [-0.25, -0.2) is 18.4 Å². The summed E-state index contributed by atoms with van der Waals surface area (Å²) in [5, 5.41) is 12.8. The van der Waals surface area contributed by atoms with E-state index in [1.165, 1.54) is 0 Å². The van der Waals surface area contributed by atoms with Crippen LogP contribution in [0.25, 0.3) is 11.1 Å². The molecule has 0 radical (unpaired) electrons. The quantitative estimate of drug-likeness (QED) is 0.572. The second kappa shape index (κ2) is 10.4. The number of amides is 2. The van der Waals surface area contributed by atoms with Crippen LogP contribution >= 0.6 is 0 Å². The van der Waals surface area contributed by atoms with Crippen molar-refractivity contribution in [2.75, 3.05) is 13.2 Å². The number of nitrogens with one attached hydrogen (secondary N) is 2. The Labute approximate surface area is 182 Å². The topological polar surface area (TPSA) is 105 Å². The van der Waals surface area contributed by atoms with Crippen molar-refractivity contribution in [3.05, 3.63) is 59.7 Å². The molecule has 7 nitrogen and oxygen atoms in total. The Morgan fingerprint density at radius 3 is 2.19 bits per heavy atom. The van der Waals surface area contributed by atoms with E-state index in [0.29, 0.717) is 0 Å². The SMILES string of the molecule is O=C(O)C#CCNC(=O)C(CC(F)F)NC(=O)OCC1c2ccccc2-c2ccccc21. The Balaban J connectivity index is 1.62. The summed E-state index contributed by atoms with van der Waals surface area (Å²) in [7, 11) is 0. The standard InChI is InChI=1S/C23H20F2N2O5/c24-20(25)12-19(22(30)26-11-5-10-21(28)29)27-23(31)32-13-18-16-8-3-1-6-14(16)15-7-2-4-9-17(15)18/h1-4,6-9,18-20H,11-13H2,(H,26,30)(H,27,31)(H,28,29). The van der Waals surface area contributed by atoms with Gasteiger partial charge in [0, 0.05) is 18.3 Å². The molecule has 0 aliphatic heterocycles. The number of carboxylic acids is 1. The Bertz CT molecular complexity index is 1030. The lowest BCUT2D eigenvalue weighted by Crippen LogP contribution is -2.48. The van der Waals surface area contributed by atoms with E-state index in [1.54, 1.807) is 5.92 Å². The number of hydrogen-bond acceptors (Lipinski definition) is 4. The molecular formula is C23H20F2N2O5. The van der Waals surface area contributed by atoms with Crippen LogP contribution in [0.3, 0.4) is 0 Å². The second-order valence-electron chi connectivity index (χ2n) is 6.97. The summed E-state index contributed by atoms with van der Waals surface area (Å²) < 4.78 is 31.0. The van der Waals surface area contributed by atoms with E-state index in [2.05, 4.69) is 16.6 Å². The molecule has 1 aliphatic rings. The van der Waals surface area contributed by atoms with Crippen molar-refractivity contribution < 1.29 is 33.0 Å². The highest BCUT2D eigenvalue weighted by molar-refractivity contribution is 5.87. The monoisotopic (exact) mass is 442 g/mol. The first-order valence-electron chi connectivity index (χ1n) is 9.76. The number of carbonyl (C=O) groups excluding carboxylic acids is 2. The normalized spacial score (nSPS) is 12.7. The van der Waals surface area contributed by atoms with E-state index in [9.17, 15) is 23.2 Å². The van der Waals surface area contributed by atoms with Crippen LogP contribution in [0.15, 0.2) is 48.5 Å². The maximum Gasteiger partial charge on any atom is 0.407 e. The summed E-state index contributed by atoms with van der Waals surface area (Å²) in [5.74, 6) is 1.40. The van der Waals surface area contributed by atoms with Crippen LogP contribution in [0, 0.1) is 11.8 Å². The Morgan fingerprint density at radius 2 is 1.62 bits per heavy atom. The van der Waals surface area contributed by atoms with Crippen LogP contribution in [-0.4, -0.2) is 48.7 Å². The Morgan fingerprint density at radius 1 is 1.03 bits per heavy atom. The van der Waals surface area contributed by atoms with Gasteiger partial charge in [0.25, 0.3) is 0 Å². The Kier molecular flexibility index (Phi) is 7.39. The highest BCUT2D eigenvalue weighted by Gasteiger charge is 2.30. The summed E-state index contributed by atoms with van der Waals surface area (Å²) in [6.07, 6.45) is -4.79. The summed E-state index contributed by atoms with van der Waals surface area (Å²) in [5.41, 5.74) is 4.05. The third-order valence-corrected chi connectivity index (χ3v) is 4.91. The van der Waals surface area contributed by atoms with Gasteiger partial charge in [-0.2, -0.15) is 0 Å². The lowest BCUT2D eigenvalue weighted by Gasteiger charge is -2.19. The van der Waals surface area contributed by atoms with Crippen molar-refractivity contribution >= 4 is 18.0 Å². The van der Waals surface area contributed by atoms with Crippen molar-refractivity contribution in [1.82, 2.24) is 10.6 Å². The lowest BCUT2D eigenvalue weighted by atomic mass is 9.98. The first-order valence-corrected chi connectivity index (χ1v) is 9.76. The molecule has 0 spiro atoms. The highest BCUT2D eigenvalue weighted by Crippen LogP contribution is 2.44. The third-order valence-electron chi connectivity index (χ3n) is 4.91. The molecule has 0 aromatic heterocycles. The maximum atomic E-state index is 12.9. The molecular weight excluding hydrogens is 422 g/mol. The van der Waals surface area contributed by atoms with Crippen LogP contribution in [0.5, 0.6) is 0 Å². The Hall–Kier alpha value is -3.93. The molecule has 1 atom stereocenters. The van der Waals surface area contributed by atoms with Crippen molar-refractivity contribution in [2.24, 2.45) is 0 Å². The van der Waals surface area contributed by atoms with Gasteiger partial charge in [-0.15, -0.1) is 0 Å². The second-order valence-corrected chi connectivity index (χ2v) is 6.97. The lowest BCUT2D eigenvalue weighted by molar-refractivity contribution is -0.130. The van der Waals surface area contributed by atoms with Crippen LogP contribution in [-0.2, 0) is 14.3 Å². The maximum absolute atomic E-state index is 12.9. The number of hydrogen-bond donors (Lipinski definition) is 3. The molecule has 2 aromatic carbocycles. The summed E-state index contributed by atoms with van der Waals surface area (Å²) in [4.78, 5) is 34.7. The fraction of sp³-hybridized carbons (Fsp3) is 0.261. The zero-order chi connectivity index (χ0) is 23.1. The molecule has 0 fully saturated rings. The van der Waals surface area contributed by atoms with Gasteiger partial charge in [0.05, 0.1) is 6.54 Å². The van der Waals surface area contributed by atoms with E-state index < -0.39 is 36.9 Å². The average Bonchev–Trinajstić information content (AvgIpc) is 3.08. The molecule has 2 aromatic rings. The van der Waals surface area contributed by atoms with Crippen molar-refractivity contribution in [3.63, 3.8) is 0 Å². The molecule has 32 heavy (non-hydrogen) atoms. The average molecular weight is 442 g/mol. The summed E-state index contributed by atoms with van der Waals surface area (Å²) in [6.45, 7) is -0.399. The third kappa shape index (κ3) is 5.60. The summed E-state index contributed by atoms with van der Waals surface area (Å²) >= 11 is 0. The number of benzene rings is 2. The molecule has 1 aliphatic carbocycles. The minimum atomic E-state index is -2.86. The number of fused-ring (bicyclic) bond motifs is 3. The number of ether oxygens (including phenoxy) is 1. The van der Waals surface area contributed by atoms with E-state index in [0.717, 1.165) is 22.3 Å². The number of halogens is 2. The number of aliphatic carboxylic acids is 1. The van der Waals surface area contributed by atoms with Gasteiger partial charge in [0.2, 0.25) is 12.3 Å². The molecule has 0 saturated heterocycles. The smallest absolute Gasteiger partial charge is 0.407 e. The van der Waals surface area contributed by atoms with Gasteiger partial charge < -0.3 is 20.5 Å². The molecule has 1 unspecified atom stereocenters. The van der Waals surface area contributed by atoms with Gasteiger partial charge in [-0.1, -0.05) is 54.5 Å². The van der Waals surface area contributed by atoms with Crippen molar-refractivity contribution in [1.29, 1.82) is 0 Å². The van der Waals surface area contributed by atoms with E-state index >= 15 is 0 Å². The largest absolute Gasteiger partial charge is 0.472 e. The van der Waals surface area contributed by atoms with Gasteiger partial charge in [-0.3, -0.25) is 4.79 Å². The van der Waals surface area contributed by atoms with E-state index in [4.69, 9.17) is 9.84 Å². The molecule has 3 N–H and O–H groups in total. The number of alkyl halides is 2. The number of carboxylic acid groups (broad SMARTS) is 1. The van der Waals surface area contributed by atoms with Gasteiger partial charge in [0.1, 0.15) is 12.6 Å². The van der Waals surface area contributed by atoms with E-state index in [-0.39, 0.29) is 19.1 Å². The highest BCUT2D eigenvalue weighted by atomic mass is 19.3. The number of alkyl carbamates (subject to hydrolysis) is 1. The fourth-order valence-corrected chi connectivity index (χ4v) is 3.57. The van der Waals surface area contributed by atoms with Crippen LogP contribution in [0.2, 0.25) is 0 Å². The minimum absolute atomic E-state index is 0.0348.